The van der Waals surface area contributed by atoms with Crippen LogP contribution in [0.3, 0.4) is 0 Å². The van der Waals surface area contributed by atoms with Gasteiger partial charge in [0.15, 0.2) is 11.6 Å². The van der Waals surface area contributed by atoms with Gasteiger partial charge in [-0.3, -0.25) is 14.4 Å². The van der Waals surface area contributed by atoms with Crippen molar-refractivity contribution in [2.75, 3.05) is 5.32 Å². The van der Waals surface area contributed by atoms with Gasteiger partial charge in [0, 0.05) is 37.7 Å². The number of amides is 1. The molecule has 0 bridgehead atoms. The maximum absolute atomic E-state index is 13.6. The molecule has 0 saturated carbocycles. The molecular formula is C28H18FNO3S. The lowest BCUT2D eigenvalue weighted by Gasteiger charge is -2.22. The van der Waals surface area contributed by atoms with E-state index in [2.05, 4.69) is 5.32 Å². The highest BCUT2D eigenvalue weighted by Gasteiger charge is 2.34. The molecule has 0 heterocycles. The number of carbonyl (C=O) groups excluding carboxylic acids is 3. The molecule has 0 fully saturated rings. The van der Waals surface area contributed by atoms with E-state index in [9.17, 15) is 18.8 Å². The van der Waals surface area contributed by atoms with Crippen LogP contribution in [0.25, 0.3) is 0 Å². The normalized spacial score (nSPS) is 12.2. The summed E-state index contributed by atoms with van der Waals surface area (Å²) in [6, 6.07) is 22.9. The molecule has 34 heavy (non-hydrogen) atoms. The molecule has 4 aromatic carbocycles. The lowest BCUT2D eigenvalue weighted by Crippen LogP contribution is -2.24. The van der Waals surface area contributed by atoms with Crippen LogP contribution >= 0.6 is 11.8 Å². The third-order valence-electron chi connectivity index (χ3n) is 5.63. The topological polar surface area (TPSA) is 63.2 Å². The second-order valence-electron chi connectivity index (χ2n) is 7.94. The number of benzene rings is 4. The van der Waals surface area contributed by atoms with E-state index < -0.39 is 11.7 Å². The van der Waals surface area contributed by atoms with Crippen LogP contribution in [0.5, 0.6) is 0 Å². The zero-order chi connectivity index (χ0) is 23.8. The van der Waals surface area contributed by atoms with Crippen LogP contribution in [-0.4, -0.2) is 17.5 Å². The third kappa shape index (κ3) is 3.93. The number of fused-ring (bicyclic) bond motifs is 2. The van der Waals surface area contributed by atoms with Crippen molar-refractivity contribution in [2.45, 2.75) is 16.7 Å². The van der Waals surface area contributed by atoms with Gasteiger partial charge < -0.3 is 5.32 Å². The van der Waals surface area contributed by atoms with E-state index in [1.54, 1.807) is 30.3 Å². The van der Waals surface area contributed by atoms with Gasteiger partial charge in [0.1, 0.15) is 5.82 Å². The molecule has 0 unspecified atom stereocenters. The van der Waals surface area contributed by atoms with Crippen molar-refractivity contribution >= 4 is 34.9 Å². The summed E-state index contributed by atoms with van der Waals surface area (Å²) in [4.78, 5) is 41.3. The summed E-state index contributed by atoms with van der Waals surface area (Å²) < 4.78 is 13.3. The fourth-order valence-electron chi connectivity index (χ4n) is 3.90. The van der Waals surface area contributed by atoms with Crippen LogP contribution < -0.4 is 5.32 Å². The number of carbonyl (C=O) groups is 3. The Bertz CT molecular complexity index is 1460. The molecule has 0 radical (unpaired) electrons. The SMILES string of the molecule is Cc1ccc(Sc2c(C(=O)Nc3ccc(F)cc3)ccc3c2C(=O)c2ccccc2C3=O)cc1. The van der Waals surface area contributed by atoms with Crippen LogP contribution in [0.2, 0.25) is 0 Å². The number of nitrogens with one attached hydrogen (secondary N) is 1. The number of aryl methyl sites for hydroxylation is 1. The van der Waals surface area contributed by atoms with Crippen molar-refractivity contribution in [1.82, 2.24) is 0 Å². The molecule has 0 aromatic heterocycles. The second-order valence-corrected chi connectivity index (χ2v) is 9.03. The summed E-state index contributed by atoms with van der Waals surface area (Å²) in [5.74, 6) is -1.41. The molecule has 166 valence electrons. The average Bonchev–Trinajstić information content (AvgIpc) is 2.85. The molecule has 6 heteroatoms. The summed E-state index contributed by atoms with van der Waals surface area (Å²) in [5, 5.41) is 2.76. The first-order chi connectivity index (χ1) is 16.4. The number of halogens is 1. The van der Waals surface area contributed by atoms with Gasteiger partial charge in [-0.2, -0.15) is 0 Å². The average molecular weight is 468 g/mol. The van der Waals surface area contributed by atoms with Gasteiger partial charge in [-0.15, -0.1) is 0 Å². The van der Waals surface area contributed by atoms with E-state index in [-0.39, 0.29) is 28.3 Å². The molecule has 1 N–H and O–H groups in total. The molecular weight excluding hydrogens is 449 g/mol. The number of hydrogen-bond donors (Lipinski definition) is 1. The van der Waals surface area contributed by atoms with E-state index in [0.717, 1.165) is 10.5 Å². The predicted octanol–water partition coefficient (Wildman–Crippen LogP) is 6.31. The van der Waals surface area contributed by atoms with E-state index >= 15 is 0 Å². The fourth-order valence-corrected chi connectivity index (χ4v) is 4.98. The minimum Gasteiger partial charge on any atom is -0.322 e. The first-order valence-electron chi connectivity index (χ1n) is 10.6. The highest BCUT2D eigenvalue weighted by atomic mass is 32.2. The maximum Gasteiger partial charge on any atom is 0.256 e. The first-order valence-corrected chi connectivity index (χ1v) is 11.4. The minimum absolute atomic E-state index is 0.223. The summed E-state index contributed by atoms with van der Waals surface area (Å²) in [5.41, 5.74) is 2.93. The Morgan fingerprint density at radius 2 is 1.41 bits per heavy atom. The van der Waals surface area contributed by atoms with Crippen LogP contribution in [0.1, 0.15) is 47.8 Å². The molecule has 4 nitrogen and oxygen atoms in total. The van der Waals surface area contributed by atoms with Crippen molar-refractivity contribution in [2.24, 2.45) is 0 Å². The molecule has 5 rings (SSSR count). The Balaban J connectivity index is 1.65. The fraction of sp³-hybridized carbons (Fsp3) is 0.0357. The van der Waals surface area contributed by atoms with Crippen molar-refractivity contribution in [3.8, 4) is 0 Å². The number of anilines is 1. The number of hydrogen-bond acceptors (Lipinski definition) is 4. The molecule has 1 amide bonds. The minimum atomic E-state index is -0.455. The van der Waals surface area contributed by atoms with E-state index in [1.165, 1.54) is 42.1 Å². The Hall–Kier alpha value is -4.03. The molecule has 4 aromatic rings. The molecule has 1 aliphatic rings. The third-order valence-corrected chi connectivity index (χ3v) is 6.77. The van der Waals surface area contributed by atoms with Gasteiger partial charge in [-0.25, -0.2) is 4.39 Å². The number of rotatable bonds is 4. The van der Waals surface area contributed by atoms with Crippen molar-refractivity contribution in [3.05, 3.63) is 124 Å². The lowest BCUT2D eigenvalue weighted by atomic mass is 9.83. The van der Waals surface area contributed by atoms with Gasteiger partial charge in [0.2, 0.25) is 0 Å². The van der Waals surface area contributed by atoms with E-state index in [1.807, 2.05) is 31.2 Å². The van der Waals surface area contributed by atoms with Crippen LogP contribution in [0.4, 0.5) is 10.1 Å². The summed E-state index contributed by atoms with van der Waals surface area (Å²) in [7, 11) is 0. The van der Waals surface area contributed by atoms with Crippen molar-refractivity contribution in [1.29, 1.82) is 0 Å². The van der Waals surface area contributed by atoms with Gasteiger partial charge in [0.25, 0.3) is 5.91 Å². The van der Waals surface area contributed by atoms with Crippen LogP contribution in [0.15, 0.2) is 94.7 Å². The lowest BCUT2D eigenvalue weighted by molar-refractivity contribution is 0.0975. The zero-order valence-electron chi connectivity index (χ0n) is 18.1. The highest BCUT2D eigenvalue weighted by molar-refractivity contribution is 7.99. The molecule has 0 aliphatic heterocycles. The Kier molecular flexibility index (Phi) is 5.59. The van der Waals surface area contributed by atoms with Gasteiger partial charge >= 0.3 is 0 Å². The summed E-state index contributed by atoms with van der Waals surface area (Å²) in [6.45, 7) is 1.97. The quantitative estimate of drug-likeness (QED) is 0.336. The van der Waals surface area contributed by atoms with Crippen LogP contribution in [0, 0.1) is 12.7 Å². The molecule has 1 aliphatic carbocycles. The first kappa shape index (κ1) is 21.8. The summed E-state index contributed by atoms with van der Waals surface area (Å²) in [6.07, 6.45) is 0. The van der Waals surface area contributed by atoms with Crippen molar-refractivity contribution in [3.63, 3.8) is 0 Å². The number of ketones is 2. The maximum atomic E-state index is 13.6. The molecule has 0 atom stereocenters. The Labute approximate surface area is 199 Å². The highest BCUT2D eigenvalue weighted by Crippen LogP contribution is 2.40. The van der Waals surface area contributed by atoms with E-state index in [0.29, 0.717) is 21.7 Å². The zero-order valence-corrected chi connectivity index (χ0v) is 18.9. The van der Waals surface area contributed by atoms with Gasteiger partial charge in [0.05, 0.1) is 5.56 Å². The Morgan fingerprint density at radius 3 is 2.09 bits per heavy atom. The Morgan fingerprint density at radius 1 is 0.765 bits per heavy atom. The van der Waals surface area contributed by atoms with Gasteiger partial charge in [-0.1, -0.05) is 53.7 Å². The summed E-state index contributed by atoms with van der Waals surface area (Å²) >= 11 is 1.27. The van der Waals surface area contributed by atoms with E-state index in [4.69, 9.17) is 0 Å². The smallest absolute Gasteiger partial charge is 0.256 e. The molecule has 0 spiro atoms. The van der Waals surface area contributed by atoms with Gasteiger partial charge in [-0.05, 0) is 55.5 Å². The standard InChI is InChI=1S/C28H18FNO3S/c1-16-6-12-19(13-7-16)34-27-23(28(33)30-18-10-8-17(29)9-11-18)15-14-22-24(27)26(32)21-5-3-2-4-20(21)25(22)31/h2-15H,1H3,(H,30,33). The predicted molar refractivity (Wildman–Crippen MR) is 129 cm³/mol. The molecule has 0 saturated heterocycles. The van der Waals surface area contributed by atoms with Crippen LogP contribution in [-0.2, 0) is 0 Å². The van der Waals surface area contributed by atoms with Crippen molar-refractivity contribution < 1.29 is 18.8 Å². The monoisotopic (exact) mass is 467 g/mol. The second kappa shape index (κ2) is 8.72. The largest absolute Gasteiger partial charge is 0.322 e.